The standard InChI is InChI=1S/C15H12F3NO2/c1-19(2)14(21)10-4-3-9-5-8-12(11(9)7-6-10)13(20)15(16,17)18/h3-8H,1-2H3. The molecule has 3 nitrogen and oxygen atoms in total. The van der Waals surface area contributed by atoms with E-state index in [9.17, 15) is 22.8 Å². The predicted octanol–water partition coefficient (Wildman–Crippen LogP) is 3.24. The first-order chi connectivity index (χ1) is 9.71. The van der Waals surface area contributed by atoms with Crippen LogP contribution in [0.4, 0.5) is 13.2 Å². The summed E-state index contributed by atoms with van der Waals surface area (Å²) in [6.45, 7) is 0. The van der Waals surface area contributed by atoms with Crippen LogP contribution in [-0.2, 0) is 0 Å². The van der Waals surface area contributed by atoms with Gasteiger partial charge < -0.3 is 4.90 Å². The first-order valence-corrected chi connectivity index (χ1v) is 6.08. The zero-order chi connectivity index (χ0) is 15.8. The molecule has 0 heterocycles. The quantitative estimate of drug-likeness (QED) is 0.798. The summed E-state index contributed by atoms with van der Waals surface area (Å²) < 4.78 is 37.6. The molecule has 2 aliphatic carbocycles. The Morgan fingerprint density at radius 3 is 2.10 bits per heavy atom. The zero-order valence-electron chi connectivity index (χ0n) is 11.4. The molecule has 21 heavy (non-hydrogen) atoms. The third-order valence-electron chi connectivity index (χ3n) is 3.06. The number of amides is 1. The van der Waals surface area contributed by atoms with Crippen molar-refractivity contribution in [2.24, 2.45) is 0 Å². The molecule has 0 aliphatic heterocycles. The van der Waals surface area contributed by atoms with Crippen molar-refractivity contribution in [3.05, 3.63) is 47.5 Å². The number of halogens is 3. The first-order valence-electron chi connectivity index (χ1n) is 6.08. The molecule has 0 fully saturated rings. The molecule has 110 valence electrons. The van der Waals surface area contributed by atoms with Gasteiger partial charge in [-0.3, -0.25) is 9.59 Å². The van der Waals surface area contributed by atoms with E-state index in [-0.39, 0.29) is 11.5 Å². The highest BCUT2D eigenvalue weighted by Gasteiger charge is 2.40. The molecular weight excluding hydrogens is 283 g/mol. The molecule has 0 unspecified atom stereocenters. The lowest BCUT2D eigenvalue weighted by atomic mass is 10.1. The normalized spacial score (nSPS) is 11.5. The van der Waals surface area contributed by atoms with Crippen molar-refractivity contribution in [1.29, 1.82) is 0 Å². The van der Waals surface area contributed by atoms with E-state index in [1.807, 2.05) is 0 Å². The number of fused-ring (bicyclic) bond motifs is 1. The van der Waals surface area contributed by atoms with Crippen molar-refractivity contribution in [2.75, 3.05) is 14.1 Å². The summed E-state index contributed by atoms with van der Waals surface area (Å²) in [5.74, 6) is -2.15. The van der Waals surface area contributed by atoms with E-state index < -0.39 is 17.5 Å². The molecule has 2 aliphatic rings. The van der Waals surface area contributed by atoms with Gasteiger partial charge in [-0.1, -0.05) is 18.2 Å². The molecule has 0 saturated heterocycles. The second kappa shape index (κ2) is 5.20. The lowest BCUT2D eigenvalue weighted by Gasteiger charge is -2.08. The Balaban J connectivity index is 2.52. The second-order valence-corrected chi connectivity index (χ2v) is 4.76. The lowest BCUT2D eigenvalue weighted by Crippen LogP contribution is -2.22. The van der Waals surface area contributed by atoms with Crippen LogP contribution >= 0.6 is 0 Å². The van der Waals surface area contributed by atoms with Crippen LogP contribution in [0.2, 0.25) is 0 Å². The number of nitrogens with zero attached hydrogens (tertiary/aromatic N) is 1. The average molecular weight is 295 g/mol. The predicted molar refractivity (Wildman–Crippen MR) is 71.5 cm³/mol. The summed E-state index contributed by atoms with van der Waals surface area (Å²) in [6.07, 6.45) is -4.92. The summed E-state index contributed by atoms with van der Waals surface area (Å²) in [5.41, 5.74) is 0.578. The number of ketones is 1. The molecule has 0 saturated carbocycles. The average Bonchev–Trinajstić information content (AvgIpc) is 2.67. The second-order valence-electron chi connectivity index (χ2n) is 4.76. The number of alkyl halides is 3. The minimum absolute atomic E-state index is 0.176. The molecule has 0 atom stereocenters. The van der Waals surface area contributed by atoms with Crippen molar-refractivity contribution in [3.63, 3.8) is 0 Å². The lowest BCUT2D eigenvalue weighted by molar-refractivity contribution is -0.0884. The maximum absolute atomic E-state index is 12.5. The van der Waals surface area contributed by atoms with E-state index >= 15 is 0 Å². The summed E-state index contributed by atoms with van der Waals surface area (Å²) in [4.78, 5) is 24.6. The van der Waals surface area contributed by atoms with Gasteiger partial charge in [0.2, 0.25) is 0 Å². The maximum Gasteiger partial charge on any atom is 0.454 e. The van der Waals surface area contributed by atoms with Crippen LogP contribution in [0.5, 0.6) is 0 Å². The smallest absolute Gasteiger partial charge is 0.345 e. The van der Waals surface area contributed by atoms with E-state index in [0.717, 1.165) is 6.07 Å². The van der Waals surface area contributed by atoms with Crippen LogP contribution in [0.3, 0.4) is 0 Å². The van der Waals surface area contributed by atoms with E-state index in [1.165, 1.54) is 35.2 Å². The molecule has 0 N–H and O–H groups in total. The van der Waals surface area contributed by atoms with Crippen LogP contribution in [-0.4, -0.2) is 36.9 Å². The van der Waals surface area contributed by atoms with Crippen molar-refractivity contribution < 1.29 is 22.8 Å². The van der Waals surface area contributed by atoms with Gasteiger partial charge in [0, 0.05) is 25.2 Å². The third-order valence-corrected chi connectivity index (χ3v) is 3.06. The molecule has 2 rings (SSSR count). The topological polar surface area (TPSA) is 37.4 Å². The van der Waals surface area contributed by atoms with Crippen molar-refractivity contribution in [2.45, 2.75) is 6.18 Å². The molecule has 1 amide bonds. The van der Waals surface area contributed by atoms with Gasteiger partial charge in [-0.05, 0) is 29.3 Å². The number of hydrogen-bond donors (Lipinski definition) is 0. The van der Waals surface area contributed by atoms with Crippen molar-refractivity contribution in [3.8, 4) is 11.1 Å². The summed E-state index contributed by atoms with van der Waals surface area (Å²) in [7, 11) is 3.15. The van der Waals surface area contributed by atoms with Crippen LogP contribution in [0, 0.1) is 0 Å². The number of carbonyl (C=O) groups is 2. The van der Waals surface area contributed by atoms with Crippen LogP contribution in [0.25, 0.3) is 11.1 Å². The Labute approximate surface area is 119 Å². The van der Waals surface area contributed by atoms with Crippen LogP contribution in [0.15, 0.2) is 36.4 Å². The van der Waals surface area contributed by atoms with Gasteiger partial charge in [0.1, 0.15) is 0 Å². The fraction of sp³-hybridized carbons (Fsp3) is 0.200. The molecular formula is C15H12F3NO2. The molecule has 0 aromatic carbocycles. The fourth-order valence-corrected chi connectivity index (χ4v) is 2.00. The number of carbonyl (C=O) groups excluding carboxylic acids is 2. The molecule has 0 spiro atoms. The molecule has 0 aromatic heterocycles. The Hall–Kier alpha value is -2.37. The minimum atomic E-state index is -4.92. The third kappa shape index (κ3) is 2.89. The Bertz CT molecular complexity index is 677. The van der Waals surface area contributed by atoms with E-state index in [4.69, 9.17) is 0 Å². The van der Waals surface area contributed by atoms with Gasteiger partial charge in [0.15, 0.2) is 0 Å². The van der Waals surface area contributed by atoms with Gasteiger partial charge in [-0.15, -0.1) is 0 Å². The number of hydrogen-bond acceptors (Lipinski definition) is 2. The SMILES string of the molecule is CN(C)C(=O)c1ccc2ccc(C(=O)C(F)(F)F)c-2cc1. The van der Waals surface area contributed by atoms with Crippen LogP contribution in [0.1, 0.15) is 20.7 Å². The van der Waals surface area contributed by atoms with Gasteiger partial charge in [-0.2, -0.15) is 13.2 Å². The largest absolute Gasteiger partial charge is 0.454 e. The van der Waals surface area contributed by atoms with Gasteiger partial charge >= 0.3 is 6.18 Å². The highest BCUT2D eigenvalue weighted by Crippen LogP contribution is 2.32. The fourth-order valence-electron chi connectivity index (χ4n) is 2.00. The maximum atomic E-state index is 12.5. The summed E-state index contributed by atoms with van der Waals surface area (Å²) in [6, 6.07) is 8.40. The minimum Gasteiger partial charge on any atom is -0.345 e. The number of Topliss-reactive ketones (excluding diaryl/α,β-unsaturated/α-hetero) is 1. The molecule has 6 heteroatoms. The highest BCUT2D eigenvalue weighted by molar-refractivity contribution is 6.07. The zero-order valence-corrected chi connectivity index (χ0v) is 11.4. The van der Waals surface area contributed by atoms with E-state index in [2.05, 4.69) is 0 Å². The molecule has 0 radical (unpaired) electrons. The Morgan fingerprint density at radius 1 is 0.952 bits per heavy atom. The van der Waals surface area contributed by atoms with E-state index in [0.29, 0.717) is 11.1 Å². The van der Waals surface area contributed by atoms with Gasteiger partial charge in [-0.25, -0.2) is 0 Å². The molecule has 0 aromatic rings. The summed E-state index contributed by atoms with van der Waals surface area (Å²) in [5, 5.41) is 0. The summed E-state index contributed by atoms with van der Waals surface area (Å²) >= 11 is 0. The Morgan fingerprint density at radius 2 is 1.52 bits per heavy atom. The highest BCUT2D eigenvalue weighted by atomic mass is 19.4. The number of rotatable bonds is 2. The van der Waals surface area contributed by atoms with Crippen LogP contribution < -0.4 is 0 Å². The van der Waals surface area contributed by atoms with Gasteiger partial charge in [0.25, 0.3) is 11.7 Å². The van der Waals surface area contributed by atoms with Crippen molar-refractivity contribution in [1.82, 2.24) is 4.90 Å². The first kappa shape index (κ1) is 15.0. The van der Waals surface area contributed by atoms with E-state index in [1.54, 1.807) is 14.1 Å². The monoisotopic (exact) mass is 295 g/mol. The van der Waals surface area contributed by atoms with Gasteiger partial charge in [0.05, 0.1) is 0 Å². The Kier molecular flexibility index (Phi) is 3.72. The molecule has 0 bridgehead atoms. The van der Waals surface area contributed by atoms with Crippen molar-refractivity contribution >= 4 is 11.7 Å².